The fourth-order valence-corrected chi connectivity index (χ4v) is 4.58. The number of amides is 1. The molecule has 3 nitrogen and oxygen atoms in total. The molecule has 1 spiro atoms. The van der Waals surface area contributed by atoms with Crippen LogP contribution in [0.4, 0.5) is 0 Å². The van der Waals surface area contributed by atoms with E-state index in [9.17, 15) is 4.79 Å². The summed E-state index contributed by atoms with van der Waals surface area (Å²) < 4.78 is 0. The topological polar surface area (TPSA) is 32.3 Å². The van der Waals surface area contributed by atoms with Crippen molar-refractivity contribution in [3.8, 4) is 0 Å². The Kier molecular flexibility index (Phi) is 5.41. The molecule has 1 N–H and O–H groups in total. The molecule has 4 heteroatoms. The van der Waals surface area contributed by atoms with E-state index >= 15 is 0 Å². The highest BCUT2D eigenvalue weighted by Crippen LogP contribution is 2.39. The quantitative estimate of drug-likeness (QED) is 0.817. The first-order valence-electron chi connectivity index (χ1n) is 8.13. The van der Waals surface area contributed by atoms with Gasteiger partial charge in [0.2, 0.25) is 5.91 Å². The Morgan fingerprint density at radius 1 is 1.40 bits per heavy atom. The minimum Gasteiger partial charge on any atom is -0.322 e. The van der Waals surface area contributed by atoms with E-state index in [1.165, 1.54) is 12.8 Å². The summed E-state index contributed by atoms with van der Waals surface area (Å²) in [6.45, 7) is 6.71. The highest BCUT2D eigenvalue weighted by Gasteiger charge is 2.53. The Morgan fingerprint density at radius 3 is 2.55 bits per heavy atom. The van der Waals surface area contributed by atoms with Crippen molar-refractivity contribution in [3.05, 3.63) is 0 Å². The van der Waals surface area contributed by atoms with Crippen molar-refractivity contribution in [2.45, 2.75) is 77.0 Å². The molecule has 1 amide bonds. The summed E-state index contributed by atoms with van der Waals surface area (Å²) in [6, 6.07) is 0.383. The monoisotopic (exact) mass is 298 g/mol. The number of carbonyl (C=O) groups excluding carboxylic acids is 1. The van der Waals surface area contributed by atoms with Gasteiger partial charge in [0, 0.05) is 11.8 Å². The molecule has 20 heavy (non-hydrogen) atoms. The van der Waals surface area contributed by atoms with Crippen molar-refractivity contribution in [2.24, 2.45) is 5.92 Å². The Bertz CT molecular complexity index is 339. The molecule has 2 rings (SSSR count). The predicted octanol–water partition coefficient (Wildman–Crippen LogP) is 3.24. The molecule has 2 fully saturated rings. The summed E-state index contributed by atoms with van der Waals surface area (Å²) in [4.78, 5) is 15.3. The first-order chi connectivity index (χ1) is 9.54. The molecule has 1 saturated carbocycles. The number of hydrogen-bond acceptors (Lipinski definition) is 3. The maximum Gasteiger partial charge on any atom is 0.244 e. The zero-order chi connectivity index (χ0) is 14.8. The average molecular weight is 298 g/mol. The van der Waals surface area contributed by atoms with E-state index in [-0.39, 0.29) is 11.7 Å². The van der Waals surface area contributed by atoms with Gasteiger partial charge in [0.05, 0.1) is 11.7 Å². The molecule has 2 atom stereocenters. The lowest BCUT2D eigenvalue weighted by Gasteiger charge is -2.33. The maximum absolute atomic E-state index is 13.1. The third kappa shape index (κ3) is 3.01. The predicted molar refractivity (Wildman–Crippen MR) is 86.9 cm³/mol. The molecule has 1 aliphatic carbocycles. The van der Waals surface area contributed by atoms with Gasteiger partial charge in [-0.05, 0) is 37.9 Å². The molecule has 116 valence electrons. The van der Waals surface area contributed by atoms with Gasteiger partial charge < -0.3 is 4.90 Å². The third-order valence-electron chi connectivity index (χ3n) is 4.80. The Balaban J connectivity index is 2.21. The Hall–Kier alpha value is -0.220. The van der Waals surface area contributed by atoms with Crippen molar-refractivity contribution >= 4 is 17.7 Å². The second-order valence-corrected chi connectivity index (χ2v) is 7.72. The summed E-state index contributed by atoms with van der Waals surface area (Å²) in [5.41, 5.74) is -0.217. The summed E-state index contributed by atoms with van der Waals surface area (Å²) in [7, 11) is 0. The highest BCUT2D eigenvalue weighted by atomic mass is 32.2. The molecule has 0 aromatic carbocycles. The molecule has 1 heterocycles. The van der Waals surface area contributed by atoms with Crippen LogP contribution < -0.4 is 5.32 Å². The number of carbonyl (C=O) groups is 1. The van der Waals surface area contributed by atoms with Gasteiger partial charge in [-0.3, -0.25) is 10.1 Å². The second kappa shape index (κ2) is 6.69. The average Bonchev–Trinajstić information content (AvgIpc) is 2.95. The van der Waals surface area contributed by atoms with Gasteiger partial charge in [-0.1, -0.05) is 33.6 Å². The molecule has 1 saturated heterocycles. The van der Waals surface area contributed by atoms with Crippen molar-refractivity contribution in [1.82, 2.24) is 10.2 Å². The van der Waals surface area contributed by atoms with Gasteiger partial charge in [-0.15, -0.1) is 0 Å². The van der Waals surface area contributed by atoms with Crippen LogP contribution in [0.25, 0.3) is 0 Å². The lowest BCUT2D eigenvalue weighted by Crippen LogP contribution is -2.46. The van der Waals surface area contributed by atoms with E-state index in [2.05, 4.69) is 37.2 Å². The van der Waals surface area contributed by atoms with Gasteiger partial charge in [0.1, 0.15) is 0 Å². The van der Waals surface area contributed by atoms with Crippen LogP contribution in [-0.4, -0.2) is 40.6 Å². The lowest BCUT2D eigenvalue weighted by atomic mass is 9.97. The van der Waals surface area contributed by atoms with Gasteiger partial charge >= 0.3 is 0 Å². The van der Waals surface area contributed by atoms with E-state index in [1.807, 2.05) is 11.8 Å². The van der Waals surface area contributed by atoms with Crippen molar-refractivity contribution in [3.63, 3.8) is 0 Å². The standard InChI is InChI=1S/C16H30N2OS/c1-5-13(11-20-4)18-14(10-12(2)3)17-16(15(18)19)8-6-7-9-16/h12-14,17H,5-11H2,1-4H3. The van der Waals surface area contributed by atoms with Crippen LogP contribution in [0.3, 0.4) is 0 Å². The van der Waals surface area contributed by atoms with Gasteiger partial charge in [0.25, 0.3) is 0 Å². The molecule has 0 radical (unpaired) electrons. The number of thioether (sulfide) groups is 1. The molecule has 2 unspecified atom stereocenters. The van der Waals surface area contributed by atoms with Crippen LogP contribution in [0.2, 0.25) is 0 Å². The Labute approximate surface area is 128 Å². The van der Waals surface area contributed by atoms with Crippen LogP contribution >= 0.6 is 11.8 Å². The molecule has 0 aromatic rings. The lowest BCUT2D eigenvalue weighted by molar-refractivity contribution is -0.135. The summed E-state index contributed by atoms with van der Waals surface area (Å²) >= 11 is 1.85. The minimum absolute atomic E-state index is 0.217. The first kappa shape index (κ1) is 16.2. The van der Waals surface area contributed by atoms with E-state index in [0.717, 1.165) is 31.4 Å². The zero-order valence-electron chi connectivity index (χ0n) is 13.4. The molecule has 1 aliphatic heterocycles. The highest BCUT2D eigenvalue weighted by molar-refractivity contribution is 7.98. The molecule has 0 bridgehead atoms. The summed E-state index contributed by atoms with van der Waals surface area (Å²) in [5, 5.41) is 3.74. The molecule has 2 aliphatic rings. The first-order valence-corrected chi connectivity index (χ1v) is 9.53. The van der Waals surface area contributed by atoms with Crippen LogP contribution in [0.5, 0.6) is 0 Å². The SMILES string of the molecule is CCC(CSC)N1C(=O)C2(CCCC2)NC1CC(C)C. The fraction of sp³-hybridized carbons (Fsp3) is 0.938. The maximum atomic E-state index is 13.1. The van der Waals surface area contributed by atoms with Crippen molar-refractivity contribution < 1.29 is 4.79 Å². The second-order valence-electron chi connectivity index (χ2n) is 6.81. The number of nitrogens with one attached hydrogen (secondary N) is 1. The van der Waals surface area contributed by atoms with E-state index < -0.39 is 0 Å². The number of nitrogens with zero attached hydrogens (tertiary/aromatic N) is 1. The van der Waals surface area contributed by atoms with Gasteiger partial charge in [-0.2, -0.15) is 11.8 Å². The Morgan fingerprint density at radius 2 is 2.05 bits per heavy atom. The van der Waals surface area contributed by atoms with Crippen LogP contribution in [0, 0.1) is 5.92 Å². The fourth-order valence-electron chi connectivity index (χ4n) is 3.80. The normalized spacial score (nSPS) is 26.9. The van der Waals surface area contributed by atoms with Gasteiger partial charge in [0.15, 0.2) is 0 Å². The van der Waals surface area contributed by atoms with Crippen LogP contribution in [0.15, 0.2) is 0 Å². The van der Waals surface area contributed by atoms with Crippen molar-refractivity contribution in [1.29, 1.82) is 0 Å². The largest absolute Gasteiger partial charge is 0.322 e. The summed E-state index contributed by atoms with van der Waals surface area (Å²) in [6.07, 6.45) is 8.97. The smallest absolute Gasteiger partial charge is 0.244 e. The van der Waals surface area contributed by atoms with Gasteiger partial charge in [-0.25, -0.2) is 0 Å². The van der Waals surface area contributed by atoms with E-state index in [0.29, 0.717) is 17.9 Å². The molecular formula is C16H30N2OS. The van der Waals surface area contributed by atoms with Crippen LogP contribution in [0.1, 0.15) is 59.3 Å². The zero-order valence-corrected chi connectivity index (χ0v) is 14.3. The third-order valence-corrected chi connectivity index (χ3v) is 5.52. The number of hydrogen-bond donors (Lipinski definition) is 1. The van der Waals surface area contributed by atoms with E-state index in [1.54, 1.807) is 0 Å². The van der Waals surface area contributed by atoms with Crippen LogP contribution in [-0.2, 0) is 4.79 Å². The number of rotatable bonds is 6. The van der Waals surface area contributed by atoms with E-state index in [4.69, 9.17) is 0 Å². The summed E-state index contributed by atoms with van der Waals surface area (Å²) in [5.74, 6) is 2.06. The minimum atomic E-state index is -0.217. The van der Waals surface area contributed by atoms with Crippen molar-refractivity contribution in [2.75, 3.05) is 12.0 Å². The molecule has 0 aromatic heterocycles. The molecular weight excluding hydrogens is 268 g/mol.